The third kappa shape index (κ3) is 3.45. The van der Waals surface area contributed by atoms with E-state index in [0.29, 0.717) is 19.6 Å². The predicted molar refractivity (Wildman–Crippen MR) is 92.0 cm³/mol. The van der Waals surface area contributed by atoms with E-state index >= 15 is 0 Å². The van der Waals surface area contributed by atoms with Crippen LogP contribution in [-0.4, -0.2) is 46.7 Å². The molecule has 8 heteroatoms. The average molecular weight is 363 g/mol. The van der Waals surface area contributed by atoms with Gasteiger partial charge >= 0.3 is 5.97 Å². The van der Waals surface area contributed by atoms with Crippen molar-refractivity contribution in [3.8, 4) is 0 Å². The van der Waals surface area contributed by atoms with E-state index in [1.54, 1.807) is 24.3 Å². The molecule has 1 aliphatic rings. The molecule has 1 N–H and O–H groups in total. The maximum Gasteiger partial charge on any atom is 0.335 e. The van der Waals surface area contributed by atoms with Crippen LogP contribution in [0.4, 0.5) is 0 Å². The first-order valence-electron chi connectivity index (χ1n) is 8.28. The van der Waals surface area contributed by atoms with Crippen molar-refractivity contribution in [3.05, 3.63) is 47.7 Å². The third-order valence-corrected chi connectivity index (χ3v) is 6.48. The van der Waals surface area contributed by atoms with E-state index in [-0.39, 0.29) is 16.5 Å². The monoisotopic (exact) mass is 363 g/mol. The van der Waals surface area contributed by atoms with Gasteiger partial charge in [-0.25, -0.2) is 13.2 Å². The summed E-state index contributed by atoms with van der Waals surface area (Å²) in [5.74, 6) is -0.906. The molecule has 2 heterocycles. The molecule has 1 saturated heterocycles. The van der Waals surface area contributed by atoms with E-state index in [1.165, 1.54) is 21.3 Å². The highest BCUT2D eigenvalue weighted by molar-refractivity contribution is 7.89. The number of carboxylic acids is 1. The minimum atomic E-state index is -3.58. The van der Waals surface area contributed by atoms with Crippen molar-refractivity contribution >= 4 is 16.0 Å². The van der Waals surface area contributed by atoms with E-state index in [0.717, 1.165) is 18.4 Å². The number of benzene rings is 1. The minimum Gasteiger partial charge on any atom is -0.478 e. The first-order chi connectivity index (χ1) is 11.9. The van der Waals surface area contributed by atoms with Crippen molar-refractivity contribution in [3.63, 3.8) is 0 Å². The highest BCUT2D eigenvalue weighted by Crippen LogP contribution is 2.30. The molecule has 1 unspecified atom stereocenters. The summed E-state index contributed by atoms with van der Waals surface area (Å²) in [4.78, 5) is 11.0. The van der Waals surface area contributed by atoms with Gasteiger partial charge in [0.05, 0.1) is 11.8 Å². The molecule has 7 nitrogen and oxygen atoms in total. The second-order valence-corrected chi connectivity index (χ2v) is 8.00. The van der Waals surface area contributed by atoms with Gasteiger partial charge in [-0.3, -0.25) is 4.68 Å². The molecule has 3 rings (SSSR count). The Hall–Kier alpha value is -2.19. The SMILES string of the molecule is CCn1nccc1S(=O)(=O)N1CCCC(c2ccc(C(=O)O)cc2)C1. The van der Waals surface area contributed by atoms with Gasteiger partial charge in [0.15, 0.2) is 5.03 Å². The van der Waals surface area contributed by atoms with Gasteiger partial charge in [-0.1, -0.05) is 12.1 Å². The quantitative estimate of drug-likeness (QED) is 0.879. The Morgan fingerprint density at radius 3 is 2.64 bits per heavy atom. The number of aromatic carboxylic acids is 1. The zero-order valence-corrected chi connectivity index (χ0v) is 14.8. The Morgan fingerprint density at radius 1 is 1.28 bits per heavy atom. The molecule has 25 heavy (non-hydrogen) atoms. The topological polar surface area (TPSA) is 92.5 Å². The van der Waals surface area contributed by atoms with Crippen LogP contribution in [0.3, 0.4) is 0 Å². The first-order valence-corrected chi connectivity index (χ1v) is 9.72. The van der Waals surface area contributed by atoms with Crippen LogP contribution in [0.15, 0.2) is 41.6 Å². The number of carbonyl (C=O) groups is 1. The number of hydrogen-bond donors (Lipinski definition) is 1. The lowest BCUT2D eigenvalue weighted by atomic mass is 9.91. The van der Waals surface area contributed by atoms with Gasteiger partial charge < -0.3 is 5.11 Å². The molecule has 1 atom stereocenters. The van der Waals surface area contributed by atoms with Crippen molar-refractivity contribution in [1.29, 1.82) is 0 Å². The van der Waals surface area contributed by atoms with Crippen LogP contribution in [0.25, 0.3) is 0 Å². The lowest BCUT2D eigenvalue weighted by molar-refractivity contribution is 0.0697. The Kier molecular flexibility index (Phi) is 4.91. The fourth-order valence-electron chi connectivity index (χ4n) is 3.24. The Bertz CT molecular complexity index is 858. The largest absolute Gasteiger partial charge is 0.478 e. The molecule has 1 aromatic heterocycles. The minimum absolute atomic E-state index is 0.0596. The molecule has 1 aromatic carbocycles. The van der Waals surface area contributed by atoms with Crippen LogP contribution < -0.4 is 0 Å². The molecule has 134 valence electrons. The summed E-state index contributed by atoms with van der Waals surface area (Å²) < 4.78 is 28.9. The Morgan fingerprint density at radius 2 is 2.00 bits per heavy atom. The van der Waals surface area contributed by atoms with E-state index in [2.05, 4.69) is 5.10 Å². The lowest BCUT2D eigenvalue weighted by Crippen LogP contribution is -2.39. The second kappa shape index (κ2) is 6.97. The zero-order valence-electron chi connectivity index (χ0n) is 14.0. The Labute approximate surface area is 146 Å². The Balaban J connectivity index is 1.82. The summed E-state index contributed by atoms with van der Waals surface area (Å²) in [5, 5.41) is 13.3. The van der Waals surface area contributed by atoms with Crippen molar-refractivity contribution in [2.24, 2.45) is 0 Å². The molecule has 0 aliphatic carbocycles. The standard InChI is InChI=1S/C17H21N3O4S/c1-2-20-16(9-10-18-20)25(23,24)19-11-3-4-15(12-19)13-5-7-14(8-6-13)17(21)22/h5-10,15H,2-4,11-12H2,1H3,(H,21,22). The number of hydrogen-bond acceptors (Lipinski definition) is 4. The van der Waals surface area contributed by atoms with Crippen LogP contribution in [0.2, 0.25) is 0 Å². The molecular formula is C17H21N3O4S. The van der Waals surface area contributed by atoms with Crippen molar-refractivity contribution in [2.75, 3.05) is 13.1 Å². The van der Waals surface area contributed by atoms with Crippen molar-refractivity contribution in [2.45, 2.75) is 37.3 Å². The first kappa shape index (κ1) is 17.6. The van der Waals surface area contributed by atoms with Gasteiger partial charge in [0.2, 0.25) is 0 Å². The summed E-state index contributed by atoms with van der Waals surface area (Å²) in [5.41, 5.74) is 1.20. The van der Waals surface area contributed by atoms with E-state index in [4.69, 9.17) is 5.11 Å². The fourth-order valence-corrected chi connectivity index (χ4v) is 4.93. The highest BCUT2D eigenvalue weighted by atomic mass is 32.2. The second-order valence-electron chi connectivity index (χ2n) is 6.11. The van der Waals surface area contributed by atoms with E-state index in [1.807, 2.05) is 6.92 Å². The number of sulfonamides is 1. The van der Waals surface area contributed by atoms with Crippen LogP contribution in [0.5, 0.6) is 0 Å². The predicted octanol–water partition coefficient (Wildman–Crippen LogP) is 2.17. The van der Waals surface area contributed by atoms with Gasteiger partial charge in [0, 0.05) is 19.6 Å². The molecule has 2 aromatic rings. The van der Waals surface area contributed by atoms with Gasteiger partial charge in [0.1, 0.15) is 0 Å². The maximum absolute atomic E-state index is 12.9. The molecule has 1 aliphatic heterocycles. The average Bonchev–Trinajstić information content (AvgIpc) is 3.11. The molecule has 0 bridgehead atoms. The molecule has 0 saturated carbocycles. The van der Waals surface area contributed by atoms with Crippen molar-refractivity contribution in [1.82, 2.24) is 14.1 Å². The van der Waals surface area contributed by atoms with E-state index in [9.17, 15) is 13.2 Å². The van der Waals surface area contributed by atoms with E-state index < -0.39 is 16.0 Å². The molecule has 0 spiro atoms. The summed E-state index contributed by atoms with van der Waals surface area (Å²) in [6.07, 6.45) is 3.15. The van der Waals surface area contributed by atoms with Gasteiger partial charge in [0.25, 0.3) is 10.0 Å². The van der Waals surface area contributed by atoms with Crippen molar-refractivity contribution < 1.29 is 18.3 Å². The summed E-state index contributed by atoms with van der Waals surface area (Å²) >= 11 is 0. The number of piperidine rings is 1. The number of aromatic nitrogens is 2. The summed E-state index contributed by atoms with van der Waals surface area (Å²) in [6.45, 7) is 3.23. The van der Waals surface area contributed by atoms with Crippen LogP contribution in [-0.2, 0) is 16.6 Å². The summed E-state index contributed by atoms with van der Waals surface area (Å²) in [6, 6.07) is 8.22. The molecular weight excluding hydrogens is 342 g/mol. The number of nitrogens with zero attached hydrogens (tertiary/aromatic N) is 3. The smallest absolute Gasteiger partial charge is 0.335 e. The molecule has 0 amide bonds. The summed E-state index contributed by atoms with van der Waals surface area (Å²) in [7, 11) is -3.58. The maximum atomic E-state index is 12.9. The highest BCUT2D eigenvalue weighted by Gasteiger charge is 2.32. The van der Waals surface area contributed by atoms with Gasteiger partial charge in [-0.05, 0) is 49.4 Å². The van der Waals surface area contributed by atoms with Gasteiger partial charge in [-0.2, -0.15) is 9.40 Å². The lowest BCUT2D eigenvalue weighted by Gasteiger charge is -2.32. The molecule has 0 radical (unpaired) electrons. The third-order valence-electron chi connectivity index (χ3n) is 4.59. The van der Waals surface area contributed by atoms with Crippen LogP contribution in [0, 0.1) is 0 Å². The van der Waals surface area contributed by atoms with Gasteiger partial charge in [-0.15, -0.1) is 0 Å². The number of rotatable bonds is 5. The van der Waals surface area contributed by atoms with Crippen LogP contribution in [0.1, 0.15) is 41.6 Å². The fraction of sp³-hybridized carbons (Fsp3) is 0.412. The number of aryl methyl sites for hydroxylation is 1. The normalized spacial score (nSPS) is 19.0. The molecule has 1 fully saturated rings. The van der Waals surface area contributed by atoms with Crippen LogP contribution >= 0.6 is 0 Å². The zero-order chi connectivity index (χ0) is 18.0. The number of carboxylic acid groups (broad SMARTS) is 1.